The van der Waals surface area contributed by atoms with Gasteiger partial charge >= 0.3 is 5.97 Å². The van der Waals surface area contributed by atoms with Crippen LogP contribution in [0.2, 0.25) is 5.02 Å². The number of hydrazine groups is 1. The molecule has 0 atom stereocenters. The molecule has 0 radical (unpaired) electrons. The molecule has 0 fully saturated rings. The number of carbonyl (C=O) groups excluding carboxylic acids is 3. The number of rotatable bonds is 5. The van der Waals surface area contributed by atoms with Gasteiger partial charge in [0.1, 0.15) is 5.69 Å². The monoisotopic (exact) mass is 392 g/mol. The third kappa shape index (κ3) is 5.41. The number of nitrogens with zero attached hydrogens (tertiary/aromatic N) is 1. The third-order valence-corrected chi connectivity index (χ3v) is 3.47. The van der Waals surface area contributed by atoms with Crippen LogP contribution in [0.3, 0.4) is 0 Å². The molecule has 11 heteroatoms. The van der Waals surface area contributed by atoms with E-state index in [1.165, 1.54) is 36.4 Å². The summed E-state index contributed by atoms with van der Waals surface area (Å²) in [6.07, 6.45) is 0. The van der Waals surface area contributed by atoms with Crippen molar-refractivity contribution < 1.29 is 24.0 Å². The first-order valence-electron chi connectivity index (χ1n) is 7.33. The van der Waals surface area contributed by atoms with E-state index >= 15 is 0 Å². The second-order valence-corrected chi connectivity index (χ2v) is 5.55. The first-order valence-corrected chi connectivity index (χ1v) is 7.71. The fraction of sp³-hybridized carbons (Fsp3) is 0.0625. The number of nitrogens with one attached hydrogen (secondary N) is 2. The largest absolute Gasteiger partial charge is 0.452 e. The number of amides is 2. The lowest BCUT2D eigenvalue weighted by Gasteiger charge is -2.08. The van der Waals surface area contributed by atoms with Gasteiger partial charge in [-0.2, -0.15) is 0 Å². The zero-order valence-corrected chi connectivity index (χ0v) is 14.4. The topological polar surface area (TPSA) is 154 Å². The number of benzene rings is 2. The van der Waals surface area contributed by atoms with E-state index in [-0.39, 0.29) is 16.8 Å². The van der Waals surface area contributed by atoms with Crippen LogP contribution in [0, 0.1) is 10.1 Å². The van der Waals surface area contributed by atoms with Gasteiger partial charge in [0.15, 0.2) is 6.61 Å². The minimum atomic E-state index is -0.961. The van der Waals surface area contributed by atoms with E-state index in [0.717, 1.165) is 6.07 Å². The van der Waals surface area contributed by atoms with Crippen molar-refractivity contribution in [1.82, 2.24) is 10.9 Å². The minimum Gasteiger partial charge on any atom is -0.452 e. The minimum absolute atomic E-state index is 0.112. The quantitative estimate of drug-likeness (QED) is 0.301. The van der Waals surface area contributed by atoms with Crippen molar-refractivity contribution in [3.8, 4) is 0 Å². The normalized spacial score (nSPS) is 9.96. The van der Waals surface area contributed by atoms with Gasteiger partial charge in [-0.15, -0.1) is 0 Å². The summed E-state index contributed by atoms with van der Waals surface area (Å²) in [5.41, 5.74) is 9.17. The van der Waals surface area contributed by atoms with Gasteiger partial charge in [0.25, 0.3) is 17.5 Å². The number of nitrogen functional groups attached to an aromatic ring is 1. The Morgan fingerprint density at radius 2 is 1.70 bits per heavy atom. The van der Waals surface area contributed by atoms with E-state index in [1.807, 2.05) is 0 Å². The molecular formula is C16H13ClN4O6. The van der Waals surface area contributed by atoms with Gasteiger partial charge in [0.05, 0.1) is 10.5 Å². The Balaban J connectivity index is 1.85. The highest BCUT2D eigenvalue weighted by Gasteiger charge is 2.17. The number of hydrogen-bond acceptors (Lipinski definition) is 7. The Hall–Kier alpha value is -3.66. The van der Waals surface area contributed by atoms with Crippen molar-refractivity contribution in [2.24, 2.45) is 0 Å². The van der Waals surface area contributed by atoms with Crippen LogP contribution in [0.1, 0.15) is 20.7 Å². The number of ether oxygens (including phenoxy) is 1. The molecule has 0 saturated carbocycles. The maximum absolute atomic E-state index is 11.9. The molecular weight excluding hydrogens is 380 g/mol. The first-order chi connectivity index (χ1) is 12.8. The molecule has 2 aromatic rings. The molecule has 140 valence electrons. The van der Waals surface area contributed by atoms with Crippen LogP contribution in [-0.4, -0.2) is 29.3 Å². The predicted molar refractivity (Wildman–Crippen MR) is 94.9 cm³/mol. The highest BCUT2D eigenvalue weighted by Crippen LogP contribution is 2.22. The standard InChI is InChI=1S/C16H13ClN4O6/c17-11-4-1-9(2-5-11)15(23)20-19-14(22)8-27-16(24)10-3-6-12(18)13(7-10)21(25)26/h1-7H,8,18H2,(H,19,22)(H,20,23). The third-order valence-electron chi connectivity index (χ3n) is 3.22. The zero-order valence-electron chi connectivity index (χ0n) is 13.6. The summed E-state index contributed by atoms with van der Waals surface area (Å²) in [5.74, 6) is -2.37. The highest BCUT2D eigenvalue weighted by atomic mass is 35.5. The molecule has 0 heterocycles. The molecule has 0 spiro atoms. The van der Waals surface area contributed by atoms with Crippen LogP contribution in [0.4, 0.5) is 11.4 Å². The fourth-order valence-corrected chi connectivity index (χ4v) is 2.01. The molecule has 0 saturated heterocycles. The van der Waals surface area contributed by atoms with Crippen LogP contribution in [-0.2, 0) is 9.53 Å². The summed E-state index contributed by atoms with van der Waals surface area (Å²) >= 11 is 5.71. The number of nitrogens with two attached hydrogens (primary N) is 1. The SMILES string of the molecule is Nc1ccc(C(=O)OCC(=O)NNC(=O)c2ccc(Cl)cc2)cc1[N+](=O)[O-]. The average molecular weight is 393 g/mol. The van der Waals surface area contributed by atoms with Crippen molar-refractivity contribution in [3.63, 3.8) is 0 Å². The van der Waals surface area contributed by atoms with E-state index in [2.05, 4.69) is 10.9 Å². The summed E-state index contributed by atoms with van der Waals surface area (Å²) in [6, 6.07) is 9.28. The number of nitro groups is 1. The van der Waals surface area contributed by atoms with Crippen molar-refractivity contribution in [1.29, 1.82) is 0 Å². The van der Waals surface area contributed by atoms with Crippen molar-refractivity contribution >= 4 is 40.8 Å². The van der Waals surface area contributed by atoms with E-state index in [0.29, 0.717) is 5.02 Å². The maximum atomic E-state index is 11.9. The number of carbonyl (C=O) groups is 3. The Labute approximate surface area is 157 Å². The van der Waals surface area contributed by atoms with Gasteiger partial charge in [0, 0.05) is 16.7 Å². The lowest BCUT2D eigenvalue weighted by Crippen LogP contribution is -2.43. The Kier molecular flexibility index (Phi) is 6.28. The second kappa shape index (κ2) is 8.63. The van der Waals surface area contributed by atoms with Gasteiger partial charge in [-0.1, -0.05) is 11.6 Å². The first kappa shape index (κ1) is 19.7. The van der Waals surface area contributed by atoms with Crippen LogP contribution < -0.4 is 16.6 Å². The lowest BCUT2D eigenvalue weighted by atomic mass is 10.2. The molecule has 0 bridgehead atoms. The summed E-state index contributed by atoms with van der Waals surface area (Å²) < 4.78 is 4.74. The molecule has 10 nitrogen and oxygen atoms in total. The van der Waals surface area contributed by atoms with Crippen LogP contribution in [0.5, 0.6) is 0 Å². The molecule has 0 aromatic heterocycles. The van der Waals surface area contributed by atoms with Gasteiger partial charge in [0.2, 0.25) is 0 Å². The van der Waals surface area contributed by atoms with Crippen molar-refractivity contribution in [2.45, 2.75) is 0 Å². The van der Waals surface area contributed by atoms with E-state index in [4.69, 9.17) is 22.1 Å². The van der Waals surface area contributed by atoms with Gasteiger partial charge < -0.3 is 10.5 Å². The molecule has 4 N–H and O–H groups in total. The highest BCUT2D eigenvalue weighted by molar-refractivity contribution is 6.30. The molecule has 0 aliphatic heterocycles. The van der Waals surface area contributed by atoms with Gasteiger partial charge in [-0.3, -0.25) is 30.6 Å². The molecule has 2 aromatic carbocycles. The molecule has 0 unspecified atom stereocenters. The average Bonchev–Trinajstić information content (AvgIpc) is 2.64. The smallest absolute Gasteiger partial charge is 0.338 e. The van der Waals surface area contributed by atoms with E-state index in [1.54, 1.807) is 0 Å². The molecule has 2 amide bonds. The van der Waals surface area contributed by atoms with Crippen molar-refractivity contribution in [3.05, 3.63) is 68.7 Å². The predicted octanol–water partition coefficient (Wildman–Crippen LogP) is 1.45. The number of anilines is 1. The van der Waals surface area contributed by atoms with Crippen LogP contribution in [0.25, 0.3) is 0 Å². The van der Waals surface area contributed by atoms with Gasteiger partial charge in [-0.25, -0.2) is 4.79 Å². The maximum Gasteiger partial charge on any atom is 0.338 e. The second-order valence-electron chi connectivity index (χ2n) is 5.12. The summed E-state index contributed by atoms with van der Waals surface area (Å²) in [4.78, 5) is 45.4. The Bertz CT molecular complexity index is 900. The fourth-order valence-electron chi connectivity index (χ4n) is 1.88. The van der Waals surface area contributed by atoms with Crippen LogP contribution in [0.15, 0.2) is 42.5 Å². The number of nitro benzene ring substituents is 1. The summed E-state index contributed by atoms with van der Waals surface area (Å²) in [7, 11) is 0. The lowest BCUT2D eigenvalue weighted by molar-refractivity contribution is -0.383. The number of hydrogen-bond donors (Lipinski definition) is 3. The molecule has 2 rings (SSSR count). The van der Waals surface area contributed by atoms with E-state index in [9.17, 15) is 24.5 Å². The summed E-state index contributed by atoms with van der Waals surface area (Å²) in [5, 5.41) is 11.3. The Morgan fingerprint density at radius 1 is 1.07 bits per heavy atom. The molecule has 0 aliphatic rings. The van der Waals surface area contributed by atoms with Crippen LogP contribution >= 0.6 is 11.6 Å². The number of halogens is 1. The Morgan fingerprint density at radius 3 is 2.33 bits per heavy atom. The molecule has 0 aliphatic carbocycles. The summed E-state index contributed by atoms with van der Waals surface area (Å²) in [6.45, 7) is -0.710. The van der Waals surface area contributed by atoms with Crippen molar-refractivity contribution in [2.75, 3.05) is 12.3 Å². The van der Waals surface area contributed by atoms with E-state index < -0.39 is 35.0 Å². The molecule has 27 heavy (non-hydrogen) atoms. The number of esters is 1. The zero-order chi connectivity index (χ0) is 20.0. The van der Waals surface area contributed by atoms with Gasteiger partial charge in [-0.05, 0) is 36.4 Å².